The maximum absolute atomic E-state index is 3.57. The minimum atomic E-state index is 0.913. The van der Waals surface area contributed by atoms with Crippen LogP contribution in [-0.4, -0.2) is 13.1 Å². The summed E-state index contributed by atoms with van der Waals surface area (Å²) >= 11 is 0. The molecule has 0 radical (unpaired) electrons. The zero-order valence-electron chi connectivity index (χ0n) is 12.1. The van der Waals surface area contributed by atoms with E-state index in [4.69, 9.17) is 0 Å². The van der Waals surface area contributed by atoms with Crippen molar-refractivity contribution in [3.05, 3.63) is 34.9 Å². The number of benzene rings is 1. The predicted octanol–water partition coefficient (Wildman–Crippen LogP) is 3.87. The highest BCUT2D eigenvalue weighted by atomic mass is 14.9. The first-order valence-electron chi connectivity index (χ1n) is 7.47. The van der Waals surface area contributed by atoms with Gasteiger partial charge in [-0.05, 0) is 81.1 Å². The van der Waals surface area contributed by atoms with Crippen LogP contribution >= 0.6 is 0 Å². The van der Waals surface area contributed by atoms with Crippen LogP contribution in [0.25, 0.3) is 0 Å². The van der Waals surface area contributed by atoms with Gasteiger partial charge in [-0.1, -0.05) is 25.1 Å². The van der Waals surface area contributed by atoms with Crippen LogP contribution in [0.2, 0.25) is 0 Å². The van der Waals surface area contributed by atoms with Gasteiger partial charge >= 0.3 is 0 Å². The maximum atomic E-state index is 3.57. The summed E-state index contributed by atoms with van der Waals surface area (Å²) in [5.41, 5.74) is 4.38. The average Bonchev–Trinajstić information content (AvgIpc) is 2.34. The Kier molecular flexibility index (Phi) is 4.82. The highest BCUT2D eigenvalue weighted by Gasteiger charge is 2.30. The normalized spacial score (nSPS) is 22.8. The third-order valence-corrected chi connectivity index (χ3v) is 4.48. The van der Waals surface area contributed by atoms with Crippen molar-refractivity contribution in [2.24, 2.45) is 11.8 Å². The molecule has 1 aromatic rings. The zero-order chi connectivity index (χ0) is 13.0. The second-order valence-corrected chi connectivity index (χ2v) is 5.92. The molecule has 1 aliphatic carbocycles. The van der Waals surface area contributed by atoms with Gasteiger partial charge in [-0.3, -0.25) is 0 Å². The molecule has 0 heterocycles. The van der Waals surface area contributed by atoms with Gasteiger partial charge in [0.2, 0.25) is 0 Å². The van der Waals surface area contributed by atoms with Gasteiger partial charge in [0.15, 0.2) is 0 Å². The van der Waals surface area contributed by atoms with Gasteiger partial charge < -0.3 is 5.32 Å². The summed E-state index contributed by atoms with van der Waals surface area (Å²) in [7, 11) is 0. The van der Waals surface area contributed by atoms with Crippen molar-refractivity contribution < 1.29 is 0 Å². The Labute approximate surface area is 112 Å². The van der Waals surface area contributed by atoms with Gasteiger partial charge in [-0.15, -0.1) is 0 Å². The maximum Gasteiger partial charge on any atom is -0.00178 e. The molecule has 2 unspecified atom stereocenters. The first-order chi connectivity index (χ1) is 8.70. The molecule has 0 saturated heterocycles. The SMILES string of the molecule is CCCNCC1CCC1Cc1ccc(C)c(C)c1. The molecule has 1 nitrogen and oxygen atoms in total. The van der Waals surface area contributed by atoms with Gasteiger partial charge in [0.1, 0.15) is 0 Å². The fourth-order valence-electron chi connectivity index (χ4n) is 2.87. The van der Waals surface area contributed by atoms with Gasteiger partial charge in [0.25, 0.3) is 0 Å². The number of hydrogen-bond donors (Lipinski definition) is 1. The van der Waals surface area contributed by atoms with Crippen molar-refractivity contribution in [1.82, 2.24) is 5.32 Å². The molecule has 1 N–H and O–H groups in total. The smallest absolute Gasteiger partial charge is 0.00178 e. The average molecular weight is 245 g/mol. The molecule has 1 aliphatic rings. The van der Waals surface area contributed by atoms with Crippen molar-refractivity contribution in [1.29, 1.82) is 0 Å². The van der Waals surface area contributed by atoms with E-state index >= 15 is 0 Å². The molecule has 100 valence electrons. The summed E-state index contributed by atoms with van der Waals surface area (Å²) in [6.45, 7) is 9.05. The van der Waals surface area contributed by atoms with E-state index in [2.05, 4.69) is 44.3 Å². The summed E-state index contributed by atoms with van der Waals surface area (Å²) in [5, 5.41) is 3.57. The van der Waals surface area contributed by atoms with Crippen LogP contribution in [-0.2, 0) is 6.42 Å². The summed E-state index contributed by atoms with van der Waals surface area (Å²) < 4.78 is 0. The molecule has 2 atom stereocenters. The lowest BCUT2D eigenvalue weighted by molar-refractivity contribution is 0.171. The fraction of sp³-hybridized carbons (Fsp3) is 0.647. The molecule has 2 rings (SSSR count). The van der Waals surface area contributed by atoms with Crippen molar-refractivity contribution in [2.75, 3.05) is 13.1 Å². The third-order valence-electron chi connectivity index (χ3n) is 4.48. The van der Waals surface area contributed by atoms with Crippen LogP contribution < -0.4 is 5.32 Å². The van der Waals surface area contributed by atoms with E-state index in [0.29, 0.717) is 0 Å². The van der Waals surface area contributed by atoms with Crippen LogP contribution in [0, 0.1) is 25.7 Å². The lowest BCUT2D eigenvalue weighted by Gasteiger charge is -2.37. The molecule has 1 aromatic carbocycles. The highest BCUT2D eigenvalue weighted by Crippen LogP contribution is 2.36. The van der Waals surface area contributed by atoms with E-state index in [0.717, 1.165) is 11.8 Å². The Morgan fingerprint density at radius 1 is 1.11 bits per heavy atom. The van der Waals surface area contributed by atoms with E-state index in [1.54, 1.807) is 0 Å². The van der Waals surface area contributed by atoms with Crippen LogP contribution in [0.4, 0.5) is 0 Å². The van der Waals surface area contributed by atoms with Crippen LogP contribution in [0.15, 0.2) is 18.2 Å². The Bertz CT molecular complexity index is 383. The van der Waals surface area contributed by atoms with E-state index in [-0.39, 0.29) is 0 Å². The third kappa shape index (κ3) is 3.35. The summed E-state index contributed by atoms with van der Waals surface area (Å²) in [5.74, 6) is 1.83. The molecule has 1 heteroatoms. The molecule has 1 saturated carbocycles. The van der Waals surface area contributed by atoms with Crippen LogP contribution in [0.3, 0.4) is 0 Å². The molecule has 0 aliphatic heterocycles. The van der Waals surface area contributed by atoms with Crippen molar-refractivity contribution in [2.45, 2.75) is 46.5 Å². The molecule has 1 fully saturated rings. The Hall–Kier alpha value is -0.820. The molecular formula is C17H27N. The Morgan fingerprint density at radius 3 is 2.50 bits per heavy atom. The van der Waals surface area contributed by atoms with E-state index < -0.39 is 0 Å². The molecular weight excluding hydrogens is 218 g/mol. The van der Waals surface area contributed by atoms with Crippen molar-refractivity contribution >= 4 is 0 Å². The monoisotopic (exact) mass is 245 g/mol. The second-order valence-electron chi connectivity index (χ2n) is 5.92. The minimum Gasteiger partial charge on any atom is -0.316 e. The Morgan fingerprint density at radius 2 is 1.89 bits per heavy atom. The van der Waals surface area contributed by atoms with Gasteiger partial charge in [-0.2, -0.15) is 0 Å². The van der Waals surface area contributed by atoms with E-state index in [1.165, 1.54) is 55.5 Å². The van der Waals surface area contributed by atoms with Crippen LogP contribution in [0.1, 0.15) is 42.9 Å². The number of rotatable bonds is 6. The van der Waals surface area contributed by atoms with Gasteiger partial charge in [0.05, 0.1) is 0 Å². The quantitative estimate of drug-likeness (QED) is 0.750. The zero-order valence-corrected chi connectivity index (χ0v) is 12.1. The van der Waals surface area contributed by atoms with Crippen molar-refractivity contribution in [3.63, 3.8) is 0 Å². The lowest BCUT2D eigenvalue weighted by atomic mass is 9.70. The standard InChI is InChI=1S/C17H27N/c1-4-9-18-12-17-8-7-16(17)11-15-6-5-13(2)14(3)10-15/h5-6,10,16-18H,4,7-9,11-12H2,1-3H3. The molecule has 0 bridgehead atoms. The molecule has 0 spiro atoms. The highest BCUT2D eigenvalue weighted by molar-refractivity contribution is 5.30. The largest absolute Gasteiger partial charge is 0.316 e. The van der Waals surface area contributed by atoms with Crippen molar-refractivity contribution in [3.8, 4) is 0 Å². The molecule has 18 heavy (non-hydrogen) atoms. The number of nitrogens with one attached hydrogen (secondary N) is 1. The topological polar surface area (TPSA) is 12.0 Å². The first kappa shape index (κ1) is 13.6. The van der Waals surface area contributed by atoms with Crippen LogP contribution in [0.5, 0.6) is 0 Å². The van der Waals surface area contributed by atoms with E-state index in [9.17, 15) is 0 Å². The Balaban J connectivity index is 1.83. The number of aryl methyl sites for hydroxylation is 2. The predicted molar refractivity (Wildman–Crippen MR) is 79.0 cm³/mol. The number of hydrogen-bond acceptors (Lipinski definition) is 1. The first-order valence-corrected chi connectivity index (χ1v) is 7.47. The fourth-order valence-corrected chi connectivity index (χ4v) is 2.87. The molecule has 0 aromatic heterocycles. The van der Waals surface area contributed by atoms with Gasteiger partial charge in [-0.25, -0.2) is 0 Å². The molecule has 0 amide bonds. The lowest BCUT2D eigenvalue weighted by Crippen LogP contribution is -2.36. The van der Waals surface area contributed by atoms with Gasteiger partial charge in [0, 0.05) is 0 Å². The summed E-state index contributed by atoms with van der Waals surface area (Å²) in [6.07, 6.45) is 5.37. The minimum absolute atomic E-state index is 0.913. The summed E-state index contributed by atoms with van der Waals surface area (Å²) in [6, 6.07) is 6.97. The summed E-state index contributed by atoms with van der Waals surface area (Å²) in [4.78, 5) is 0. The van der Waals surface area contributed by atoms with E-state index in [1.807, 2.05) is 0 Å². The second kappa shape index (κ2) is 6.38.